The van der Waals surface area contributed by atoms with E-state index in [1.807, 2.05) is 0 Å². The highest BCUT2D eigenvalue weighted by molar-refractivity contribution is 5.98. The monoisotopic (exact) mass is 417 g/mol. The van der Waals surface area contributed by atoms with Crippen LogP contribution < -0.4 is 11.2 Å². The van der Waals surface area contributed by atoms with Crippen molar-refractivity contribution in [3.8, 4) is 0 Å². The van der Waals surface area contributed by atoms with E-state index >= 15 is 0 Å². The molecule has 0 radical (unpaired) electrons. The molecule has 1 atom stereocenters. The smallest absolute Gasteiger partial charge is 0.327 e. The van der Waals surface area contributed by atoms with E-state index in [0.717, 1.165) is 0 Å². The number of esters is 1. The van der Waals surface area contributed by atoms with E-state index in [1.165, 1.54) is 24.2 Å². The SMILES string of the molecule is CCOC(=O)C1CCCN(C(=O)CN(C)C(=O)c2cnc3[nH]c(=O)[nH]c(=O)c3c2)C1. The van der Waals surface area contributed by atoms with E-state index in [4.69, 9.17) is 4.74 Å². The summed E-state index contributed by atoms with van der Waals surface area (Å²) in [5.41, 5.74) is -1.17. The molecule has 2 aromatic rings. The van der Waals surface area contributed by atoms with Crippen molar-refractivity contribution in [1.82, 2.24) is 24.8 Å². The lowest BCUT2D eigenvalue weighted by Gasteiger charge is -2.32. The Bertz CT molecular complexity index is 1090. The van der Waals surface area contributed by atoms with Gasteiger partial charge in [0.15, 0.2) is 0 Å². The number of ether oxygens (including phenoxy) is 1. The maximum absolute atomic E-state index is 12.7. The van der Waals surface area contributed by atoms with Gasteiger partial charge in [-0.2, -0.15) is 0 Å². The Balaban J connectivity index is 1.68. The van der Waals surface area contributed by atoms with Crippen LogP contribution in [0.4, 0.5) is 0 Å². The van der Waals surface area contributed by atoms with Gasteiger partial charge in [0, 0.05) is 26.3 Å². The molecule has 1 unspecified atom stereocenters. The molecule has 0 saturated carbocycles. The number of fused-ring (bicyclic) bond motifs is 1. The summed E-state index contributed by atoms with van der Waals surface area (Å²) < 4.78 is 5.04. The zero-order valence-electron chi connectivity index (χ0n) is 16.8. The number of carbonyl (C=O) groups is 3. The number of aromatic amines is 2. The Morgan fingerprint density at radius 2 is 2.07 bits per heavy atom. The number of likely N-dealkylation sites (N-methyl/N-ethyl adjacent to an activating group) is 1. The highest BCUT2D eigenvalue weighted by Crippen LogP contribution is 2.18. The van der Waals surface area contributed by atoms with E-state index < -0.39 is 17.2 Å². The molecule has 0 bridgehead atoms. The maximum Gasteiger partial charge on any atom is 0.327 e. The van der Waals surface area contributed by atoms with Crippen LogP contribution in [0.2, 0.25) is 0 Å². The van der Waals surface area contributed by atoms with Crippen molar-refractivity contribution in [2.45, 2.75) is 19.8 Å². The predicted octanol–water partition coefficient (Wildman–Crippen LogP) is -0.515. The molecule has 1 aliphatic rings. The Morgan fingerprint density at radius 1 is 1.30 bits per heavy atom. The van der Waals surface area contributed by atoms with Crippen molar-refractivity contribution < 1.29 is 19.1 Å². The van der Waals surface area contributed by atoms with Crippen molar-refractivity contribution in [3.05, 3.63) is 38.7 Å². The van der Waals surface area contributed by atoms with Crippen molar-refractivity contribution in [3.63, 3.8) is 0 Å². The van der Waals surface area contributed by atoms with Gasteiger partial charge in [-0.3, -0.25) is 29.1 Å². The summed E-state index contributed by atoms with van der Waals surface area (Å²) in [4.78, 5) is 71.7. The van der Waals surface area contributed by atoms with Crippen molar-refractivity contribution in [2.75, 3.05) is 33.3 Å². The molecule has 0 aliphatic carbocycles. The summed E-state index contributed by atoms with van der Waals surface area (Å²) in [6, 6.07) is 1.32. The second kappa shape index (κ2) is 8.89. The van der Waals surface area contributed by atoms with Crippen molar-refractivity contribution >= 4 is 28.8 Å². The van der Waals surface area contributed by atoms with Gasteiger partial charge in [0.2, 0.25) is 5.91 Å². The Labute approximate surface area is 171 Å². The molecule has 11 nitrogen and oxygen atoms in total. The Morgan fingerprint density at radius 3 is 2.80 bits per heavy atom. The fraction of sp³-hybridized carbons (Fsp3) is 0.474. The Kier molecular flexibility index (Phi) is 6.28. The van der Waals surface area contributed by atoms with E-state index in [0.29, 0.717) is 19.4 Å². The summed E-state index contributed by atoms with van der Waals surface area (Å²) in [7, 11) is 1.47. The summed E-state index contributed by atoms with van der Waals surface area (Å²) in [5, 5.41) is 0.0634. The van der Waals surface area contributed by atoms with E-state index in [2.05, 4.69) is 15.0 Å². The molecule has 1 fully saturated rings. The molecule has 2 N–H and O–H groups in total. The number of aromatic nitrogens is 3. The molecule has 0 spiro atoms. The number of likely N-dealkylation sites (tertiary alicyclic amines) is 1. The van der Waals surface area contributed by atoms with E-state index in [1.54, 1.807) is 11.8 Å². The number of pyridine rings is 1. The molecule has 0 aromatic carbocycles. The van der Waals surface area contributed by atoms with Crippen LogP contribution in [0.5, 0.6) is 0 Å². The van der Waals surface area contributed by atoms with Gasteiger partial charge >= 0.3 is 11.7 Å². The van der Waals surface area contributed by atoms with Gasteiger partial charge in [0.1, 0.15) is 5.65 Å². The number of hydrogen-bond acceptors (Lipinski definition) is 7. The van der Waals surface area contributed by atoms with Crippen LogP contribution in [-0.2, 0) is 14.3 Å². The Hall–Kier alpha value is -3.50. The third-order valence-electron chi connectivity index (χ3n) is 4.95. The normalized spacial score (nSPS) is 16.3. The quantitative estimate of drug-likeness (QED) is 0.623. The predicted molar refractivity (Wildman–Crippen MR) is 106 cm³/mol. The third-order valence-corrected chi connectivity index (χ3v) is 4.95. The fourth-order valence-corrected chi connectivity index (χ4v) is 3.41. The summed E-state index contributed by atoms with van der Waals surface area (Å²) in [6.07, 6.45) is 2.58. The standard InChI is InChI=1S/C19H23N5O6/c1-3-30-18(28)11-5-4-6-24(9-11)14(25)10-23(2)17(27)12-7-13-15(20-8-12)21-19(29)22-16(13)26/h7-8,11H,3-6,9-10H2,1-2H3,(H2,20,21,22,26,29). The molecule has 1 saturated heterocycles. The van der Waals surface area contributed by atoms with Gasteiger partial charge in [-0.05, 0) is 25.8 Å². The molecule has 3 rings (SSSR count). The number of carbonyl (C=O) groups excluding carboxylic acids is 3. The van der Waals surface area contributed by atoms with Crippen LogP contribution >= 0.6 is 0 Å². The van der Waals surface area contributed by atoms with Gasteiger partial charge in [-0.25, -0.2) is 9.78 Å². The molecule has 2 aromatic heterocycles. The maximum atomic E-state index is 12.7. The van der Waals surface area contributed by atoms with E-state index in [-0.39, 0.29) is 54.1 Å². The van der Waals surface area contributed by atoms with Gasteiger partial charge in [0.25, 0.3) is 11.5 Å². The minimum absolute atomic E-state index is 0.0634. The lowest BCUT2D eigenvalue weighted by atomic mass is 9.98. The number of piperidine rings is 1. The van der Waals surface area contributed by atoms with Gasteiger partial charge in [-0.15, -0.1) is 0 Å². The molecule has 3 heterocycles. The molecule has 30 heavy (non-hydrogen) atoms. The van der Waals surface area contributed by atoms with Crippen LogP contribution in [-0.4, -0.2) is 75.8 Å². The average molecular weight is 417 g/mol. The molecule has 160 valence electrons. The zero-order chi connectivity index (χ0) is 21.8. The first kappa shape index (κ1) is 21.2. The first-order valence-electron chi connectivity index (χ1n) is 9.62. The third kappa shape index (κ3) is 4.56. The zero-order valence-corrected chi connectivity index (χ0v) is 16.8. The first-order valence-corrected chi connectivity index (χ1v) is 9.62. The highest BCUT2D eigenvalue weighted by atomic mass is 16.5. The molecular weight excluding hydrogens is 394 g/mol. The van der Waals surface area contributed by atoms with Crippen molar-refractivity contribution in [1.29, 1.82) is 0 Å². The van der Waals surface area contributed by atoms with Crippen LogP contribution in [0.15, 0.2) is 21.9 Å². The summed E-state index contributed by atoms with van der Waals surface area (Å²) in [6.45, 7) is 2.61. The molecule has 1 aliphatic heterocycles. The largest absolute Gasteiger partial charge is 0.466 e. The summed E-state index contributed by atoms with van der Waals surface area (Å²) in [5.74, 6) is -1.45. The van der Waals surface area contributed by atoms with Crippen LogP contribution in [0, 0.1) is 5.92 Å². The number of nitrogens with zero attached hydrogens (tertiary/aromatic N) is 3. The topological polar surface area (TPSA) is 146 Å². The lowest BCUT2D eigenvalue weighted by Crippen LogP contribution is -2.47. The van der Waals surface area contributed by atoms with E-state index in [9.17, 15) is 24.0 Å². The number of amides is 2. The first-order chi connectivity index (χ1) is 14.3. The molecule has 2 amide bonds. The second-order valence-corrected chi connectivity index (χ2v) is 7.12. The average Bonchev–Trinajstić information content (AvgIpc) is 2.73. The minimum Gasteiger partial charge on any atom is -0.466 e. The van der Waals surface area contributed by atoms with Gasteiger partial charge in [-0.1, -0.05) is 0 Å². The number of nitrogens with one attached hydrogen (secondary N) is 2. The number of rotatable bonds is 5. The lowest BCUT2D eigenvalue weighted by molar-refractivity contribution is -0.151. The van der Waals surface area contributed by atoms with Crippen molar-refractivity contribution in [2.24, 2.45) is 5.92 Å². The molecule has 11 heteroatoms. The fourth-order valence-electron chi connectivity index (χ4n) is 3.41. The number of hydrogen-bond donors (Lipinski definition) is 2. The number of H-pyrrole nitrogens is 2. The van der Waals surface area contributed by atoms with Crippen LogP contribution in [0.3, 0.4) is 0 Å². The van der Waals surface area contributed by atoms with Gasteiger partial charge < -0.3 is 14.5 Å². The summed E-state index contributed by atoms with van der Waals surface area (Å²) >= 11 is 0. The molecular formula is C19H23N5O6. The minimum atomic E-state index is -0.690. The van der Waals surface area contributed by atoms with Gasteiger partial charge in [0.05, 0.1) is 30.0 Å². The van der Waals surface area contributed by atoms with Crippen LogP contribution in [0.1, 0.15) is 30.1 Å². The van der Waals surface area contributed by atoms with Crippen LogP contribution in [0.25, 0.3) is 11.0 Å². The highest BCUT2D eigenvalue weighted by Gasteiger charge is 2.30. The second-order valence-electron chi connectivity index (χ2n) is 7.12.